The average molecular weight is 328 g/mol. The summed E-state index contributed by atoms with van der Waals surface area (Å²) < 4.78 is 5.45. The average Bonchev–Trinajstić information content (AvgIpc) is 3.13. The molecule has 0 radical (unpaired) electrons. The van der Waals surface area contributed by atoms with Gasteiger partial charge in [-0.3, -0.25) is 10.00 Å². The summed E-state index contributed by atoms with van der Waals surface area (Å²) in [6, 6.07) is 8.33. The number of carbonyl (C=O) groups is 1. The van der Waals surface area contributed by atoms with E-state index < -0.39 is 5.60 Å². The van der Waals surface area contributed by atoms with Crippen molar-refractivity contribution in [1.29, 1.82) is 0 Å². The number of nitrogens with zero attached hydrogens (tertiary/aromatic N) is 2. The molecule has 0 spiro atoms. The molecule has 1 aliphatic heterocycles. The van der Waals surface area contributed by atoms with Crippen molar-refractivity contribution < 1.29 is 9.53 Å². The molecule has 24 heavy (non-hydrogen) atoms. The molecule has 0 unspecified atom stereocenters. The SMILES string of the molecule is CC(C)(C)OC(=O)N1Cc2ccc(CNCc3ccn[nH]3)cc2C1. The zero-order valence-electron chi connectivity index (χ0n) is 14.4. The van der Waals surface area contributed by atoms with Gasteiger partial charge in [0.2, 0.25) is 0 Å². The highest BCUT2D eigenvalue weighted by molar-refractivity contribution is 5.69. The fourth-order valence-electron chi connectivity index (χ4n) is 2.74. The van der Waals surface area contributed by atoms with E-state index in [0.717, 1.165) is 18.8 Å². The molecule has 1 amide bonds. The molecule has 2 N–H and O–H groups in total. The number of carbonyl (C=O) groups excluding carboxylic acids is 1. The lowest BCUT2D eigenvalue weighted by Gasteiger charge is -2.24. The van der Waals surface area contributed by atoms with E-state index in [4.69, 9.17) is 4.74 Å². The van der Waals surface area contributed by atoms with Gasteiger partial charge in [0.15, 0.2) is 0 Å². The van der Waals surface area contributed by atoms with Gasteiger partial charge in [-0.05, 0) is 43.5 Å². The maximum absolute atomic E-state index is 12.2. The summed E-state index contributed by atoms with van der Waals surface area (Å²) in [5, 5.41) is 10.2. The van der Waals surface area contributed by atoms with E-state index in [-0.39, 0.29) is 6.09 Å². The molecule has 128 valence electrons. The second-order valence-corrected chi connectivity index (χ2v) is 7.12. The van der Waals surface area contributed by atoms with Crippen molar-refractivity contribution in [3.63, 3.8) is 0 Å². The Bertz CT molecular complexity index is 704. The van der Waals surface area contributed by atoms with Crippen molar-refractivity contribution in [3.8, 4) is 0 Å². The topological polar surface area (TPSA) is 70.2 Å². The van der Waals surface area contributed by atoms with Gasteiger partial charge in [0.1, 0.15) is 5.60 Å². The van der Waals surface area contributed by atoms with Gasteiger partial charge in [0, 0.05) is 38.1 Å². The van der Waals surface area contributed by atoms with Crippen LogP contribution in [0, 0.1) is 0 Å². The highest BCUT2D eigenvalue weighted by atomic mass is 16.6. The summed E-state index contributed by atoms with van der Waals surface area (Å²) in [5.41, 5.74) is 4.19. The van der Waals surface area contributed by atoms with Crippen LogP contribution < -0.4 is 5.32 Å². The summed E-state index contributed by atoms with van der Waals surface area (Å²) in [4.78, 5) is 13.9. The Morgan fingerprint density at radius 3 is 2.75 bits per heavy atom. The van der Waals surface area contributed by atoms with Crippen LogP contribution in [0.3, 0.4) is 0 Å². The van der Waals surface area contributed by atoms with E-state index in [1.807, 2.05) is 26.8 Å². The maximum atomic E-state index is 12.2. The van der Waals surface area contributed by atoms with Crippen LogP contribution in [-0.4, -0.2) is 26.8 Å². The third-order valence-electron chi connectivity index (χ3n) is 3.85. The van der Waals surface area contributed by atoms with Gasteiger partial charge >= 0.3 is 6.09 Å². The zero-order valence-corrected chi connectivity index (χ0v) is 14.4. The Morgan fingerprint density at radius 2 is 2.04 bits per heavy atom. The van der Waals surface area contributed by atoms with Gasteiger partial charge in [-0.25, -0.2) is 4.79 Å². The summed E-state index contributed by atoms with van der Waals surface area (Å²) in [5.74, 6) is 0. The smallest absolute Gasteiger partial charge is 0.410 e. The molecule has 3 rings (SSSR count). The lowest BCUT2D eigenvalue weighted by Crippen LogP contribution is -2.33. The number of nitrogens with one attached hydrogen (secondary N) is 2. The largest absolute Gasteiger partial charge is 0.444 e. The molecule has 1 aromatic heterocycles. The minimum atomic E-state index is -0.465. The minimum Gasteiger partial charge on any atom is -0.444 e. The van der Waals surface area contributed by atoms with Gasteiger partial charge in [-0.2, -0.15) is 5.10 Å². The first kappa shape index (κ1) is 16.5. The number of rotatable bonds is 4. The molecule has 6 nitrogen and oxygen atoms in total. The van der Waals surface area contributed by atoms with Crippen LogP contribution >= 0.6 is 0 Å². The van der Waals surface area contributed by atoms with E-state index in [1.54, 1.807) is 11.1 Å². The molecule has 0 aliphatic carbocycles. The third kappa shape index (κ3) is 4.14. The quantitative estimate of drug-likeness (QED) is 0.905. The number of aromatic nitrogens is 2. The van der Waals surface area contributed by atoms with E-state index in [0.29, 0.717) is 13.1 Å². The van der Waals surface area contributed by atoms with Crippen LogP contribution in [0.4, 0.5) is 4.79 Å². The molecule has 6 heteroatoms. The number of H-pyrrole nitrogens is 1. The molecule has 0 saturated carbocycles. The van der Waals surface area contributed by atoms with E-state index in [2.05, 4.69) is 33.7 Å². The second kappa shape index (κ2) is 6.65. The number of aromatic amines is 1. The minimum absolute atomic E-state index is 0.252. The Labute approximate surface area is 142 Å². The molecule has 1 aliphatic rings. The molecular weight excluding hydrogens is 304 g/mol. The first-order valence-corrected chi connectivity index (χ1v) is 8.18. The van der Waals surface area contributed by atoms with Gasteiger partial charge in [0.05, 0.1) is 0 Å². The molecule has 1 aromatic carbocycles. The van der Waals surface area contributed by atoms with E-state index in [9.17, 15) is 4.79 Å². The monoisotopic (exact) mass is 328 g/mol. The molecule has 0 fully saturated rings. The highest BCUT2D eigenvalue weighted by Crippen LogP contribution is 2.25. The molecule has 0 saturated heterocycles. The zero-order chi connectivity index (χ0) is 17.2. The van der Waals surface area contributed by atoms with Crippen LogP contribution in [0.25, 0.3) is 0 Å². The predicted octanol–water partition coefficient (Wildman–Crippen LogP) is 2.95. The predicted molar refractivity (Wildman–Crippen MR) is 91.1 cm³/mol. The van der Waals surface area contributed by atoms with Gasteiger partial charge in [0.25, 0.3) is 0 Å². The van der Waals surface area contributed by atoms with Crippen LogP contribution in [0.1, 0.15) is 43.2 Å². The number of ether oxygens (including phenoxy) is 1. The molecule has 0 bridgehead atoms. The normalized spacial score (nSPS) is 13.9. The number of benzene rings is 1. The van der Waals surface area contributed by atoms with Gasteiger partial charge < -0.3 is 10.1 Å². The molecular formula is C18H24N4O2. The van der Waals surface area contributed by atoms with Crippen LogP contribution in [0.15, 0.2) is 30.5 Å². The standard InChI is InChI=1S/C18H24N4O2/c1-18(2,3)24-17(23)22-11-14-5-4-13(8-15(14)12-22)9-19-10-16-6-7-20-21-16/h4-8,19H,9-12H2,1-3H3,(H,20,21). The van der Waals surface area contributed by atoms with Crippen molar-refractivity contribution in [2.45, 2.75) is 52.6 Å². The molecule has 2 aromatic rings. The highest BCUT2D eigenvalue weighted by Gasteiger charge is 2.27. The van der Waals surface area contributed by atoms with Crippen LogP contribution in [-0.2, 0) is 30.9 Å². The number of hydrogen-bond donors (Lipinski definition) is 2. The van der Waals surface area contributed by atoms with E-state index >= 15 is 0 Å². The number of amides is 1. The summed E-state index contributed by atoms with van der Waals surface area (Å²) >= 11 is 0. The molecule has 0 atom stereocenters. The first-order valence-electron chi connectivity index (χ1n) is 8.18. The summed E-state index contributed by atoms with van der Waals surface area (Å²) in [6.07, 6.45) is 1.50. The second-order valence-electron chi connectivity index (χ2n) is 7.12. The first-order chi connectivity index (χ1) is 11.4. The number of hydrogen-bond acceptors (Lipinski definition) is 4. The van der Waals surface area contributed by atoms with Crippen LogP contribution in [0.5, 0.6) is 0 Å². The molecule has 2 heterocycles. The fraction of sp³-hybridized carbons (Fsp3) is 0.444. The van der Waals surface area contributed by atoms with Crippen molar-refractivity contribution in [3.05, 3.63) is 52.8 Å². The van der Waals surface area contributed by atoms with Gasteiger partial charge in [-0.15, -0.1) is 0 Å². The Balaban J connectivity index is 1.56. The summed E-state index contributed by atoms with van der Waals surface area (Å²) in [6.45, 7) is 8.41. The van der Waals surface area contributed by atoms with Gasteiger partial charge in [-0.1, -0.05) is 18.2 Å². The third-order valence-corrected chi connectivity index (χ3v) is 3.85. The van der Waals surface area contributed by atoms with Crippen LogP contribution in [0.2, 0.25) is 0 Å². The van der Waals surface area contributed by atoms with E-state index in [1.165, 1.54) is 16.7 Å². The Kier molecular flexibility index (Phi) is 4.57. The maximum Gasteiger partial charge on any atom is 0.410 e. The lowest BCUT2D eigenvalue weighted by atomic mass is 10.1. The van der Waals surface area contributed by atoms with Crippen molar-refractivity contribution in [2.75, 3.05) is 0 Å². The van der Waals surface area contributed by atoms with Crippen molar-refractivity contribution >= 4 is 6.09 Å². The fourth-order valence-corrected chi connectivity index (χ4v) is 2.74. The van der Waals surface area contributed by atoms with Crippen molar-refractivity contribution in [2.24, 2.45) is 0 Å². The van der Waals surface area contributed by atoms with Crippen molar-refractivity contribution in [1.82, 2.24) is 20.4 Å². The Hall–Kier alpha value is -2.34. The number of fused-ring (bicyclic) bond motifs is 1. The summed E-state index contributed by atoms with van der Waals surface area (Å²) in [7, 11) is 0. The Morgan fingerprint density at radius 1 is 1.25 bits per heavy atom. The lowest BCUT2D eigenvalue weighted by molar-refractivity contribution is 0.0242.